The summed E-state index contributed by atoms with van der Waals surface area (Å²) in [5.41, 5.74) is 3.40. The highest BCUT2D eigenvalue weighted by Crippen LogP contribution is 2.20. The van der Waals surface area contributed by atoms with Crippen LogP contribution in [0.1, 0.15) is 11.1 Å². The lowest BCUT2D eigenvalue weighted by atomic mass is 10.1. The van der Waals surface area contributed by atoms with Crippen molar-refractivity contribution in [3.05, 3.63) is 41.6 Å². The summed E-state index contributed by atoms with van der Waals surface area (Å²) < 4.78 is 0. The van der Waals surface area contributed by atoms with Gasteiger partial charge in [0.05, 0.1) is 6.07 Å². The number of hydrogen-bond acceptors (Lipinski definition) is 1. The average molecular weight is 182 g/mol. The van der Waals surface area contributed by atoms with Crippen molar-refractivity contribution in [3.63, 3.8) is 0 Å². The quantitative estimate of drug-likeness (QED) is 0.676. The van der Waals surface area contributed by atoms with Gasteiger partial charge >= 0.3 is 0 Å². The van der Waals surface area contributed by atoms with Gasteiger partial charge in [0, 0.05) is 28.7 Å². The molecular formula is C12H10N2. The summed E-state index contributed by atoms with van der Waals surface area (Å²) >= 11 is 0. The van der Waals surface area contributed by atoms with E-state index in [0.29, 0.717) is 0 Å². The Morgan fingerprint density at radius 2 is 2.29 bits per heavy atom. The van der Waals surface area contributed by atoms with E-state index in [9.17, 15) is 0 Å². The van der Waals surface area contributed by atoms with E-state index in [-0.39, 0.29) is 0 Å². The van der Waals surface area contributed by atoms with Crippen molar-refractivity contribution >= 4 is 17.0 Å². The zero-order valence-electron chi connectivity index (χ0n) is 7.91. The first kappa shape index (κ1) is 8.58. The van der Waals surface area contributed by atoms with E-state index in [1.54, 1.807) is 0 Å². The van der Waals surface area contributed by atoms with Crippen LogP contribution >= 0.6 is 0 Å². The predicted molar refractivity (Wildman–Crippen MR) is 57.7 cm³/mol. The van der Waals surface area contributed by atoms with E-state index in [1.165, 1.54) is 11.6 Å². The fourth-order valence-electron chi connectivity index (χ4n) is 1.53. The van der Waals surface area contributed by atoms with Gasteiger partial charge in [0.2, 0.25) is 0 Å². The summed E-state index contributed by atoms with van der Waals surface area (Å²) in [6, 6.07) is 8.22. The Bertz CT molecular complexity index is 527. The Morgan fingerprint density at radius 3 is 3.07 bits per heavy atom. The third-order valence-electron chi connectivity index (χ3n) is 2.21. The minimum absolute atomic E-state index is 1.06. The number of aromatic amines is 1. The molecule has 0 radical (unpaired) electrons. The number of hydrogen-bond donors (Lipinski definition) is 1. The summed E-state index contributed by atoms with van der Waals surface area (Å²) in [5, 5.41) is 9.59. The average Bonchev–Trinajstić information content (AvgIpc) is 2.57. The van der Waals surface area contributed by atoms with E-state index >= 15 is 0 Å². The molecule has 1 heterocycles. The molecule has 1 aromatic carbocycles. The monoisotopic (exact) mass is 182 g/mol. The van der Waals surface area contributed by atoms with Crippen molar-refractivity contribution in [3.8, 4) is 6.07 Å². The summed E-state index contributed by atoms with van der Waals surface area (Å²) in [5.74, 6) is 0. The predicted octanol–water partition coefficient (Wildman–Crippen LogP) is 3.01. The fraction of sp³-hybridized carbons (Fsp3) is 0.0833. The van der Waals surface area contributed by atoms with Crippen molar-refractivity contribution in [2.45, 2.75) is 6.92 Å². The van der Waals surface area contributed by atoms with Gasteiger partial charge in [0.15, 0.2) is 0 Å². The fourth-order valence-corrected chi connectivity index (χ4v) is 1.53. The largest absolute Gasteiger partial charge is 0.361 e. The molecule has 1 aromatic heterocycles. The van der Waals surface area contributed by atoms with E-state index in [1.807, 2.05) is 18.3 Å². The van der Waals surface area contributed by atoms with E-state index < -0.39 is 0 Å². The van der Waals surface area contributed by atoms with Crippen molar-refractivity contribution in [2.75, 3.05) is 0 Å². The number of nitrogens with zero attached hydrogens (tertiary/aromatic N) is 1. The van der Waals surface area contributed by atoms with Crippen LogP contribution in [0.4, 0.5) is 0 Å². The maximum Gasteiger partial charge on any atom is 0.0912 e. The second-order valence-corrected chi connectivity index (χ2v) is 3.26. The highest BCUT2D eigenvalue weighted by atomic mass is 14.7. The SMILES string of the molecule is Cc1ccc2c(/C=C/C#N)c[nH]c2c1. The van der Waals surface area contributed by atoms with E-state index in [2.05, 4.69) is 30.1 Å². The molecule has 0 aliphatic rings. The molecule has 2 aromatic rings. The number of nitriles is 1. The topological polar surface area (TPSA) is 39.6 Å². The normalized spacial score (nSPS) is 10.9. The second-order valence-electron chi connectivity index (χ2n) is 3.26. The van der Waals surface area contributed by atoms with Crippen LogP contribution in [0, 0.1) is 18.3 Å². The first-order valence-corrected chi connectivity index (χ1v) is 4.45. The van der Waals surface area contributed by atoms with Crippen LogP contribution in [0.15, 0.2) is 30.5 Å². The Labute approximate surface area is 82.5 Å². The maximum absolute atomic E-state index is 8.43. The minimum Gasteiger partial charge on any atom is -0.361 e. The van der Waals surface area contributed by atoms with Crippen molar-refractivity contribution < 1.29 is 0 Å². The van der Waals surface area contributed by atoms with Crippen molar-refractivity contribution in [2.24, 2.45) is 0 Å². The number of H-pyrrole nitrogens is 1. The third-order valence-corrected chi connectivity index (χ3v) is 2.21. The molecule has 0 atom stereocenters. The second kappa shape index (κ2) is 3.39. The molecule has 0 spiro atoms. The number of allylic oxidation sites excluding steroid dienone is 1. The molecule has 0 saturated heterocycles. The molecule has 68 valence electrons. The van der Waals surface area contributed by atoms with Crippen molar-refractivity contribution in [1.29, 1.82) is 5.26 Å². The molecule has 2 nitrogen and oxygen atoms in total. The summed E-state index contributed by atoms with van der Waals surface area (Å²) in [4.78, 5) is 3.18. The molecule has 0 amide bonds. The first-order chi connectivity index (χ1) is 6.81. The highest BCUT2D eigenvalue weighted by Gasteiger charge is 1.99. The Kier molecular flexibility index (Phi) is 2.08. The Morgan fingerprint density at radius 1 is 1.43 bits per heavy atom. The Hall–Kier alpha value is -2.01. The minimum atomic E-state index is 1.06. The van der Waals surface area contributed by atoms with E-state index in [0.717, 1.165) is 16.5 Å². The molecule has 0 aliphatic carbocycles. The Balaban J connectivity index is 2.59. The lowest BCUT2D eigenvalue weighted by molar-refractivity contribution is 1.44. The van der Waals surface area contributed by atoms with Gasteiger partial charge in [-0.2, -0.15) is 5.26 Å². The lowest BCUT2D eigenvalue weighted by Crippen LogP contribution is -1.72. The first-order valence-electron chi connectivity index (χ1n) is 4.45. The number of aryl methyl sites for hydroxylation is 1. The molecule has 0 unspecified atom stereocenters. The van der Waals surface area contributed by atoms with Gasteiger partial charge in [-0.3, -0.25) is 0 Å². The van der Waals surface area contributed by atoms with Gasteiger partial charge in [-0.05, 0) is 24.6 Å². The zero-order chi connectivity index (χ0) is 9.97. The lowest BCUT2D eigenvalue weighted by Gasteiger charge is -1.93. The number of fused-ring (bicyclic) bond motifs is 1. The molecule has 1 N–H and O–H groups in total. The van der Waals surface area contributed by atoms with Crippen LogP contribution in [0.2, 0.25) is 0 Å². The summed E-state index contributed by atoms with van der Waals surface area (Å²) in [6.07, 6.45) is 5.22. The molecular weight excluding hydrogens is 172 g/mol. The van der Waals surface area contributed by atoms with Crippen molar-refractivity contribution in [1.82, 2.24) is 4.98 Å². The molecule has 2 heteroatoms. The molecule has 2 rings (SSSR count). The van der Waals surface area contributed by atoms with Crippen LogP contribution < -0.4 is 0 Å². The molecule has 0 fully saturated rings. The highest BCUT2D eigenvalue weighted by molar-refractivity contribution is 5.89. The number of nitrogens with one attached hydrogen (secondary N) is 1. The standard InChI is InChI=1S/C12H10N2/c1-9-4-5-11-10(3-2-6-13)8-14-12(11)7-9/h2-5,7-8,14H,1H3/b3-2+. The van der Waals surface area contributed by atoms with Gasteiger partial charge in [-0.25, -0.2) is 0 Å². The molecule has 0 bridgehead atoms. The number of rotatable bonds is 1. The van der Waals surface area contributed by atoms with Crippen LogP contribution in [-0.4, -0.2) is 4.98 Å². The third kappa shape index (κ3) is 1.40. The van der Waals surface area contributed by atoms with Gasteiger partial charge in [-0.1, -0.05) is 12.1 Å². The zero-order valence-corrected chi connectivity index (χ0v) is 7.91. The van der Waals surface area contributed by atoms with E-state index in [4.69, 9.17) is 5.26 Å². The van der Waals surface area contributed by atoms with Gasteiger partial charge in [-0.15, -0.1) is 0 Å². The number of aromatic nitrogens is 1. The van der Waals surface area contributed by atoms with Crippen LogP contribution in [0.3, 0.4) is 0 Å². The van der Waals surface area contributed by atoms with Crippen LogP contribution in [0.5, 0.6) is 0 Å². The smallest absolute Gasteiger partial charge is 0.0912 e. The van der Waals surface area contributed by atoms with Crippen LogP contribution in [-0.2, 0) is 0 Å². The van der Waals surface area contributed by atoms with Gasteiger partial charge in [0.25, 0.3) is 0 Å². The van der Waals surface area contributed by atoms with Gasteiger partial charge in [0.1, 0.15) is 0 Å². The summed E-state index contributed by atoms with van der Waals surface area (Å²) in [6.45, 7) is 2.06. The molecule has 0 saturated carbocycles. The van der Waals surface area contributed by atoms with Crippen LogP contribution in [0.25, 0.3) is 17.0 Å². The van der Waals surface area contributed by atoms with Gasteiger partial charge < -0.3 is 4.98 Å². The summed E-state index contributed by atoms with van der Waals surface area (Å²) in [7, 11) is 0. The number of benzene rings is 1. The molecule has 14 heavy (non-hydrogen) atoms. The maximum atomic E-state index is 8.43. The molecule has 0 aliphatic heterocycles.